The number of fused-ring (bicyclic) bond motifs is 1. The minimum Gasteiger partial charge on any atom is -0.385 e. The van der Waals surface area contributed by atoms with Gasteiger partial charge in [0.1, 0.15) is 6.04 Å². The van der Waals surface area contributed by atoms with Crippen LogP contribution in [0.25, 0.3) is 0 Å². The molecule has 1 unspecified atom stereocenters. The lowest BCUT2D eigenvalue weighted by Gasteiger charge is -2.27. The summed E-state index contributed by atoms with van der Waals surface area (Å²) in [5.41, 5.74) is 6.88. The van der Waals surface area contributed by atoms with E-state index in [-0.39, 0.29) is 18.7 Å². The molecule has 0 aromatic heterocycles. The van der Waals surface area contributed by atoms with Gasteiger partial charge in [0, 0.05) is 18.7 Å². The Hall–Kier alpha value is -2.74. The average Bonchev–Trinajstić information content (AvgIpc) is 2.99. The molecule has 0 radical (unpaired) electrons. The summed E-state index contributed by atoms with van der Waals surface area (Å²) in [5.74, 6) is -1.93. The van der Waals surface area contributed by atoms with E-state index < -0.39 is 23.8 Å². The summed E-state index contributed by atoms with van der Waals surface area (Å²) in [4.78, 5) is 50.0. The maximum Gasteiger partial charge on any atom is 0.262 e. The monoisotopic (exact) mass is 428 g/mol. The number of hydrogen-bond acceptors (Lipinski definition) is 6. The number of nitrogens with one attached hydrogen (secondary N) is 2. The average molecular weight is 429 g/mol. The van der Waals surface area contributed by atoms with Crippen molar-refractivity contribution in [2.24, 2.45) is 5.73 Å². The van der Waals surface area contributed by atoms with Crippen molar-refractivity contribution in [3.63, 3.8) is 0 Å². The number of amides is 4. The van der Waals surface area contributed by atoms with Crippen molar-refractivity contribution in [2.75, 3.05) is 18.4 Å². The standard InChI is InChI=1S/C23H32N4O4/c24-13-7-5-3-1-2-4-6-8-14-25-16-9-10-17-18(15-16)23(31)27(22(17)30)19-11-12-20(28)26-21(19)29/h9-10,15,19,25H,1-8,11-14,24H2,(H,26,28,29). The molecule has 4 N–H and O–H groups in total. The van der Waals surface area contributed by atoms with Crippen LogP contribution >= 0.6 is 0 Å². The molecule has 31 heavy (non-hydrogen) atoms. The number of anilines is 1. The predicted molar refractivity (Wildman–Crippen MR) is 118 cm³/mol. The number of nitrogens with zero attached hydrogens (tertiary/aromatic N) is 1. The number of carbonyl (C=O) groups is 4. The van der Waals surface area contributed by atoms with Crippen LogP contribution in [0.15, 0.2) is 18.2 Å². The molecule has 168 valence electrons. The number of unbranched alkanes of at least 4 members (excludes halogenated alkanes) is 7. The summed E-state index contributed by atoms with van der Waals surface area (Å²) in [6.45, 7) is 1.58. The van der Waals surface area contributed by atoms with Crippen LogP contribution in [0.3, 0.4) is 0 Å². The first-order valence-electron chi connectivity index (χ1n) is 11.3. The molecular weight excluding hydrogens is 396 g/mol. The van der Waals surface area contributed by atoms with Gasteiger partial charge < -0.3 is 11.1 Å². The number of nitrogens with two attached hydrogens (primary N) is 1. The Morgan fingerprint density at radius 3 is 2.23 bits per heavy atom. The number of imide groups is 2. The van der Waals surface area contributed by atoms with E-state index in [2.05, 4.69) is 10.6 Å². The van der Waals surface area contributed by atoms with Gasteiger partial charge in [0.25, 0.3) is 11.8 Å². The number of carbonyl (C=O) groups excluding carboxylic acids is 4. The molecule has 2 aliphatic heterocycles. The Bertz CT molecular complexity index is 839. The molecule has 0 bridgehead atoms. The Kier molecular flexibility index (Phi) is 8.17. The minimum atomic E-state index is -0.934. The van der Waals surface area contributed by atoms with E-state index in [0.717, 1.165) is 42.9 Å². The van der Waals surface area contributed by atoms with Crippen LogP contribution in [-0.4, -0.2) is 47.7 Å². The Labute approximate surface area is 182 Å². The van der Waals surface area contributed by atoms with Crippen LogP contribution in [0.1, 0.15) is 84.9 Å². The van der Waals surface area contributed by atoms with Crippen molar-refractivity contribution < 1.29 is 19.2 Å². The van der Waals surface area contributed by atoms with E-state index >= 15 is 0 Å². The highest BCUT2D eigenvalue weighted by Gasteiger charge is 2.44. The quantitative estimate of drug-likeness (QED) is 0.347. The fourth-order valence-corrected chi connectivity index (χ4v) is 4.14. The van der Waals surface area contributed by atoms with E-state index in [9.17, 15) is 19.2 Å². The lowest BCUT2D eigenvalue weighted by Crippen LogP contribution is -2.54. The van der Waals surface area contributed by atoms with Gasteiger partial charge in [-0.3, -0.25) is 29.4 Å². The third-order valence-electron chi connectivity index (χ3n) is 5.90. The molecule has 3 rings (SSSR count). The summed E-state index contributed by atoms with van der Waals surface area (Å²) < 4.78 is 0. The normalized spacial score (nSPS) is 18.4. The zero-order chi connectivity index (χ0) is 22.2. The third-order valence-corrected chi connectivity index (χ3v) is 5.90. The molecular formula is C23H32N4O4. The molecule has 1 atom stereocenters. The molecule has 0 aliphatic carbocycles. The van der Waals surface area contributed by atoms with Crippen LogP contribution in [-0.2, 0) is 9.59 Å². The Morgan fingerprint density at radius 1 is 0.903 bits per heavy atom. The maximum atomic E-state index is 12.8. The van der Waals surface area contributed by atoms with Crippen LogP contribution in [0.2, 0.25) is 0 Å². The molecule has 0 spiro atoms. The molecule has 1 aromatic rings. The first-order chi connectivity index (χ1) is 15.0. The van der Waals surface area contributed by atoms with Gasteiger partial charge >= 0.3 is 0 Å². The fraction of sp³-hybridized carbons (Fsp3) is 0.565. The van der Waals surface area contributed by atoms with Crippen molar-refractivity contribution in [3.05, 3.63) is 29.3 Å². The van der Waals surface area contributed by atoms with Gasteiger partial charge in [-0.2, -0.15) is 0 Å². The number of rotatable bonds is 12. The highest BCUT2D eigenvalue weighted by molar-refractivity contribution is 6.23. The molecule has 8 nitrogen and oxygen atoms in total. The SMILES string of the molecule is NCCCCCCCCCCNc1ccc2c(c1)C(=O)N(C1CCC(=O)NC1=O)C2=O. The van der Waals surface area contributed by atoms with Crippen molar-refractivity contribution in [1.82, 2.24) is 10.2 Å². The van der Waals surface area contributed by atoms with E-state index in [1.54, 1.807) is 18.2 Å². The first kappa shape index (κ1) is 22.9. The smallest absolute Gasteiger partial charge is 0.262 e. The van der Waals surface area contributed by atoms with Gasteiger partial charge in [0.15, 0.2) is 0 Å². The van der Waals surface area contributed by atoms with E-state index in [1.807, 2.05) is 0 Å². The van der Waals surface area contributed by atoms with E-state index in [0.29, 0.717) is 11.1 Å². The second-order valence-corrected chi connectivity index (χ2v) is 8.25. The number of piperidine rings is 1. The van der Waals surface area contributed by atoms with Crippen LogP contribution < -0.4 is 16.4 Å². The number of benzene rings is 1. The molecule has 2 aliphatic rings. The summed E-state index contributed by atoms with van der Waals surface area (Å²) in [5, 5.41) is 5.52. The van der Waals surface area contributed by atoms with Gasteiger partial charge in [-0.05, 0) is 44.0 Å². The zero-order valence-electron chi connectivity index (χ0n) is 18.0. The molecule has 1 fully saturated rings. The molecule has 8 heteroatoms. The van der Waals surface area contributed by atoms with Gasteiger partial charge in [-0.25, -0.2) is 0 Å². The van der Waals surface area contributed by atoms with E-state index in [4.69, 9.17) is 5.73 Å². The second-order valence-electron chi connectivity index (χ2n) is 8.25. The molecule has 0 saturated carbocycles. The molecule has 1 aromatic carbocycles. The van der Waals surface area contributed by atoms with Gasteiger partial charge in [0.2, 0.25) is 11.8 Å². The molecule has 1 saturated heterocycles. The van der Waals surface area contributed by atoms with Crippen LogP contribution in [0, 0.1) is 0 Å². The summed E-state index contributed by atoms with van der Waals surface area (Å²) in [7, 11) is 0. The highest BCUT2D eigenvalue weighted by atomic mass is 16.2. The van der Waals surface area contributed by atoms with Gasteiger partial charge in [0.05, 0.1) is 11.1 Å². The van der Waals surface area contributed by atoms with Gasteiger partial charge in [-0.1, -0.05) is 38.5 Å². The van der Waals surface area contributed by atoms with Crippen LogP contribution in [0.5, 0.6) is 0 Å². The lowest BCUT2D eigenvalue weighted by molar-refractivity contribution is -0.136. The number of hydrogen-bond donors (Lipinski definition) is 3. The second kappa shape index (κ2) is 11.0. The fourth-order valence-electron chi connectivity index (χ4n) is 4.14. The minimum absolute atomic E-state index is 0.115. The summed E-state index contributed by atoms with van der Waals surface area (Å²) in [6.07, 6.45) is 9.77. The van der Waals surface area contributed by atoms with Crippen molar-refractivity contribution in [2.45, 2.75) is 70.3 Å². The predicted octanol–water partition coefficient (Wildman–Crippen LogP) is 2.58. The largest absolute Gasteiger partial charge is 0.385 e. The van der Waals surface area contributed by atoms with Gasteiger partial charge in [-0.15, -0.1) is 0 Å². The highest BCUT2D eigenvalue weighted by Crippen LogP contribution is 2.29. The summed E-state index contributed by atoms with van der Waals surface area (Å²) >= 11 is 0. The summed E-state index contributed by atoms with van der Waals surface area (Å²) in [6, 6.07) is 4.16. The van der Waals surface area contributed by atoms with Crippen molar-refractivity contribution in [1.29, 1.82) is 0 Å². The maximum absolute atomic E-state index is 12.8. The molecule has 4 amide bonds. The lowest BCUT2D eigenvalue weighted by atomic mass is 10.0. The Balaban J connectivity index is 1.46. The zero-order valence-corrected chi connectivity index (χ0v) is 18.0. The van der Waals surface area contributed by atoms with Crippen molar-refractivity contribution >= 4 is 29.3 Å². The Morgan fingerprint density at radius 2 is 1.55 bits per heavy atom. The third kappa shape index (κ3) is 5.70. The topological polar surface area (TPSA) is 122 Å². The molecule has 2 heterocycles. The first-order valence-corrected chi connectivity index (χ1v) is 11.3. The van der Waals surface area contributed by atoms with Crippen molar-refractivity contribution in [3.8, 4) is 0 Å². The van der Waals surface area contributed by atoms with Crippen LogP contribution in [0.4, 0.5) is 5.69 Å². The van der Waals surface area contributed by atoms with E-state index in [1.165, 1.54) is 32.1 Å².